The highest BCUT2D eigenvalue weighted by Gasteiger charge is 2.15. The van der Waals surface area contributed by atoms with Gasteiger partial charge >= 0.3 is 0 Å². The molecule has 0 fully saturated rings. The first-order chi connectivity index (χ1) is 16.9. The van der Waals surface area contributed by atoms with Crippen molar-refractivity contribution in [2.75, 3.05) is 11.1 Å². The molecule has 2 aromatic carbocycles. The van der Waals surface area contributed by atoms with Crippen molar-refractivity contribution in [1.29, 1.82) is 0 Å². The zero-order valence-corrected chi connectivity index (χ0v) is 22.1. The number of halogens is 3. The lowest BCUT2D eigenvalue weighted by atomic mass is 10.2. The lowest BCUT2D eigenvalue weighted by Gasteiger charge is -2.09. The van der Waals surface area contributed by atoms with Crippen LogP contribution in [0.15, 0.2) is 70.1 Å². The molecule has 7 nitrogen and oxygen atoms in total. The fraction of sp³-hybridized carbons (Fsp3) is 0.130. The molecule has 0 aliphatic heterocycles. The van der Waals surface area contributed by atoms with E-state index in [2.05, 4.69) is 43.0 Å². The van der Waals surface area contributed by atoms with Gasteiger partial charge in [-0.2, -0.15) is 0 Å². The van der Waals surface area contributed by atoms with Gasteiger partial charge in [-0.1, -0.05) is 57.5 Å². The summed E-state index contributed by atoms with van der Waals surface area (Å²) in [5.74, 6) is 0.333. The lowest BCUT2D eigenvalue weighted by Crippen LogP contribution is -2.15. The summed E-state index contributed by atoms with van der Waals surface area (Å²) in [4.78, 5) is 17.0. The number of hydrogen-bond donors (Lipinski definition) is 1. The number of carbonyl (C=O) groups is 1. The molecule has 1 N–H and O–H groups in total. The molecule has 0 aliphatic rings. The summed E-state index contributed by atoms with van der Waals surface area (Å²) in [6.07, 6.45) is 1.70. The Morgan fingerprint density at radius 2 is 2.09 bits per heavy atom. The second-order valence-corrected chi connectivity index (χ2v) is 10.2. The zero-order valence-electron chi connectivity index (χ0n) is 18.1. The van der Waals surface area contributed by atoms with Crippen LogP contribution in [0, 0.1) is 5.82 Å². The molecule has 0 bridgehead atoms. The van der Waals surface area contributed by atoms with Crippen molar-refractivity contribution in [3.63, 3.8) is 0 Å². The molecule has 2 aromatic heterocycles. The zero-order chi connectivity index (χ0) is 24.8. The van der Waals surface area contributed by atoms with Crippen LogP contribution in [-0.2, 0) is 17.9 Å². The van der Waals surface area contributed by atoms with E-state index in [0.717, 1.165) is 15.7 Å². The van der Waals surface area contributed by atoms with Crippen LogP contribution in [0.25, 0.3) is 11.3 Å². The quantitative estimate of drug-likeness (QED) is 0.168. The number of nitrogens with one attached hydrogen (secondary N) is 1. The summed E-state index contributed by atoms with van der Waals surface area (Å²) in [7, 11) is 0. The van der Waals surface area contributed by atoms with Crippen LogP contribution in [-0.4, -0.2) is 31.4 Å². The Labute approximate surface area is 222 Å². The second kappa shape index (κ2) is 11.8. The van der Waals surface area contributed by atoms with Crippen molar-refractivity contribution in [3.8, 4) is 17.0 Å². The maximum Gasteiger partial charge on any atom is 0.236 e. The molecule has 180 valence electrons. The number of amides is 1. The van der Waals surface area contributed by atoms with Gasteiger partial charge in [0.25, 0.3) is 0 Å². The minimum atomic E-state index is -0.520. The van der Waals surface area contributed by atoms with Crippen LogP contribution >= 0.6 is 50.6 Å². The third kappa shape index (κ3) is 6.69. The Morgan fingerprint density at radius 1 is 1.29 bits per heavy atom. The molecule has 0 saturated carbocycles. The van der Waals surface area contributed by atoms with E-state index in [1.807, 2.05) is 29.6 Å². The van der Waals surface area contributed by atoms with E-state index >= 15 is 0 Å². The van der Waals surface area contributed by atoms with Gasteiger partial charge in [0, 0.05) is 28.0 Å². The van der Waals surface area contributed by atoms with Gasteiger partial charge in [-0.3, -0.25) is 9.36 Å². The largest absolute Gasteiger partial charge is 0.486 e. The number of thiazole rings is 1. The van der Waals surface area contributed by atoms with Gasteiger partial charge in [0.15, 0.2) is 16.1 Å². The minimum absolute atomic E-state index is 0.0264. The van der Waals surface area contributed by atoms with E-state index in [1.54, 1.807) is 10.6 Å². The molecule has 35 heavy (non-hydrogen) atoms. The Morgan fingerprint density at radius 3 is 2.83 bits per heavy atom. The molecule has 0 atom stereocenters. The highest BCUT2D eigenvalue weighted by Crippen LogP contribution is 2.27. The van der Waals surface area contributed by atoms with Gasteiger partial charge in [-0.05, 0) is 24.3 Å². The number of allylic oxidation sites excluding steroid dienone is 1. The van der Waals surface area contributed by atoms with E-state index in [4.69, 9.17) is 16.3 Å². The van der Waals surface area contributed by atoms with Gasteiger partial charge in [0.2, 0.25) is 5.91 Å². The number of rotatable bonds is 10. The number of nitrogens with zero attached hydrogens (tertiary/aromatic N) is 4. The molecule has 0 spiro atoms. The average molecular weight is 595 g/mol. The van der Waals surface area contributed by atoms with Crippen molar-refractivity contribution < 1.29 is 13.9 Å². The smallest absolute Gasteiger partial charge is 0.236 e. The number of carbonyl (C=O) groups excluding carboxylic acids is 1. The molecular weight excluding hydrogens is 577 g/mol. The highest BCUT2D eigenvalue weighted by atomic mass is 79.9. The second-order valence-electron chi connectivity index (χ2n) is 7.04. The van der Waals surface area contributed by atoms with Gasteiger partial charge in [0.1, 0.15) is 18.2 Å². The highest BCUT2D eigenvalue weighted by molar-refractivity contribution is 9.10. The first kappa shape index (κ1) is 25.4. The van der Waals surface area contributed by atoms with E-state index in [-0.39, 0.29) is 23.3 Å². The Bertz CT molecular complexity index is 1350. The summed E-state index contributed by atoms with van der Waals surface area (Å²) in [5, 5.41) is 14.1. The third-order valence-corrected chi connectivity index (χ3v) is 7.13. The number of thioether (sulfide) groups is 1. The summed E-state index contributed by atoms with van der Waals surface area (Å²) < 4.78 is 21.8. The molecule has 0 saturated heterocycles. The van der Waals surface area contributed by atoms with Crippen molar-refractivity contribution in [2.24, 2.45) is 0 Å². The molecule has 12 heteroatoms. The predicted molar refractivity (Wildman–Crippen MR) is 141 cm³/mol. The lowest BCUT2D eigenvalue weighted by molar-refractivity contribution is -0.113. The van der Waals surface area contributed by atoms with Gasteiger partial charge in [-0.25, -0.2) is 9.37 Å². The van der Waals surface area contributed by atoms with Crippen LogP contribution in [0.2, 0.25) is 5.02 Å². The van der Waals surface area contributed by atoms with Crippen molar-refractivity contribution in [1.82, 2.24) is 19.7 Å². The van der Waals surface area contributed by atoms with Gasteiger partial charge in [0.05, 0.1) is 16.5 Å². The van der Waals surface area contributed by atoms with Crippen molar-refractivity contribution in [2.45, 2.75) is 18.3 Å². The van der Waals surface area contributed by atoms with Crippen LogP contribution in [0.3, 0.4) is 0 Å². The summed E-state index contributed by atoms with van der Waals surface area (Å²) >= 11 is 11.8. The number of benzene rings is 2. The maximum atomic E-state index is 13.3. The summed E-state index contributed by atoms with van der Waals surface area (Å²) in [6.45, 7) is 4.29. The van der Waals surface area contributed by atoms with E-state index < -0.39 is 5.82 Å². The Balaban J connectivity index is 1.35. The van der Waals surface area contributed by atoms with E-state index in [0.29, 0.717) is 28.4 Å². The molecule has 2 heterocycles. The standard InChI is InChI=1S/C23H18BrClFN5O2S2/c1-2-9-31-20(11-33-16-7-8-18(26)17(25)10-16)29-30-23(31)35-13-21(32)28-22-27-19(12-34-22)14-3-5-15(24)6-4-14/h2-8,10,12H,1,9,11,13H2,(H,27,28,32). The number of aromatic nitrogens is 4. The first-order valence-electron chi connectivity index (χ1n) is 10.2. The van der Waals surface area contributed by atoms with Gasteiger partial charge in [-0.15, -0.1) is 28.1 Å². The Hall–Kier alpha value is -2.73. The topological polar surface area (TPSA) is 81.9 Å². The molecule has 4 aromatic rings. The van der Waals surface area contributed by atoms with Crippen LogP contribution in [0.4, 0.5) is 9.52 Å². The molecule has 1 amide bonds. The normalized spacial score (nSPS) is 10.8. The number of hydrogen-bond acceptors (Lipinski definition) is 7. The maximum absolute atomic E-state index is 13.3. The minimum Gasteiger partial charge on any atom is -0.486 e. The number of ether oxygens (including phenoxy) is 1. The van der Waals surface area contributed by atoms with Crippen molar-refractivity contribution >= 4 is 61.7 Å². The van der Waals surface area contributed by atoms with Crippen LogP contribution < -0.4 is 10.1 Å². The third-order valence-electron chi connectivity index (χ3n) is 4.59. The van der Waals surface area contributed by atoms with Crippen LogP contribution in [0.1, 0.15) is 5.82 Å². The molecule has 0 aliphatic carbocycles. The van der Waals surface area contributed by atoms with Crippen LogP contribution in [0.5, 0.6) is 5.75 Å². The molecule has 4 rings (SSSR count). The van der Waals surface area contributed by atoms with E-state index in [1.165, 1.54) is 41.3 Å². The first-order valence-corrected chi connectivity index (χ1v) is 13.2. The van der Waals surface area contributed by atoms with Crippen molar-refractivity contribution in [3.05, 3.63) is 81.6 Å². The Kier molecular flexibility index (Phi) is 8.55. The summed E-state index contributed by atoms with van der Waals surface area (Å²) in [5.41, 5.74) is 1.76. The molecular formula is C23H18BrClFN5O2S2. The monoisotopic (exact) mass is 593 g/mol. The van der Waals surface area contributed by atoms with Gasteiger partial charge < -0.3 is 10.1 Å². The predicted octanol–water partition coefficient (Wildman–Crippen LogP) is 6.45. The van der Waals surface area contributed by atoms with E-state index in [9.17, 15) is 9.18 Å². The SMILES string of the molecule is C=CCn1c(COc2ccc(F)c(Cl)c2)nnc1SCC(=O)Nc1nc(-c2ccc(Br)cc2)cs1. The molecule has 0 radical (unpaired) electrons. The number of anilines is 1. The molecule has 0 unspecified atom stereocenters. The average Bonchev–Trinajstić information content (AvgIpc) is 3.46. The fourth-order valence-electron chi connectivity index (χ4n) is 2.93. The summed E-state index contributed by atoms with van der Waals surface area (Å²) in [6, 6.07) is 11.9. The fourth-order valence-corrected chi connectivity index (χ4v) is 4.87.